The number of hydrogen-bond donors (Lipinski definition) is 1. The number of nitro groups is 1. The van der Waals surface area contributed by atoms with Crippen LogP contribution in [0.1, 0.15) is 5.82 Å². The number of hydrogen-bond acceptors (Lipinski definition) is 7. The first kappa shape index (κ1) is 13.2. The Bertz CT molecular complexity index is 901. The molecule has 106 valence electrons. The number of anilines is 1. The number of nitrogens with two attached hydrogens (primary N) is 1. The van der Waals surface area contributed by atoms with Gasteiger partial charge in [0.15, 0.2) is 5.82 Å². The fourth-order valence-corrected chi connectivity index (χ4v) is 2.73. The molecule has 0 aliphatic heterocycles. The van der Waals surface area contributed by atoms with Crippen molar-refractivity contribution in [3.8, 4) is 0 Å². The van der Waals surface area contributed by atoms with Crippen molar-refractivity contribution >= 4 is 33.1 Å². The first-order chi connectivity index (χ1) is 10.1. The standard InChI is InChI=1S/C12H9N5O3S/c13-10-7-3-5-21-11(7)15-9(14-10)6-16-4-1-2-8(12(16)18)17(19)20/h1-5H,6H2,(H2,13,14,15). The lowest BCUT2D eigenvalue weighted by molar-refractivity contribution is -0.386. The molecule has 0 unspecified atom stereocenters. The monoisotopic (exact) mass is 303 g/mol. The predicted molar refractivity (Wildman–Crippen MR) is 78.3 cm³/mol. The highest BCUT2D eigenvalue weighted by atomic mass is 32.1. The molecule has 0 bridgehead atoms. The Morgan fingerprint density at radius 3 is 2.95 bits per heavy atom. The zero-order valence-electron chi connectivity index (χ0n) is 10.6. The average molecular weight is 303 g/mol. The summed E-state index contributed by atoms with van der Waals surface area (Å²) in [6.45, 7) is 0.0263. The Kier molecular flexibility index (Phi) is 3.10. The van der Waals surface area contributed by atoms with E-state index in [-0.39, 0.29) is 6.54 Å². The number of rotatable bonds is 3. The molecule has 21 heavy (non-hydrogen) atoms. The largest absolute Gasteiger partial charge is 0.383 e. The number of aromatic nitrogens is 3. The molecule has 8 nitrogen and oxygen atoms in total. The smallest absolute Gasteiger partial charge is 0.334 e. The fourth-order valence-electron chi connectivity index (χ4n) is 1.94. The maximum absolute atomic E-state index is 12.0. The molecule has 0 spiro atoms. The molecule has 0 radical (unpaired) electrons. The Labute approximate surface area is 121 Å². The van der Waals surface area contributed by atoms with E-state index in [1.165, 1.54) is 28.2 Å². The molecule has 0 saturated carbocycles. The van der Waals surface area contributed by atoms with Gasteiger partial charge in [0.2, 0.25) is 0 Å². The summed E-state index contributed by atoms with van der Waals surface area (Å²) in [6.07, 6.45) is 1.45. The van der Waals surface area contributed by atoms with Crippen LogP contribution in [0.25, 0.3) is 10.2 Å². The van der Waals surface area contributed by atoms with Gasteiger partial charge in [0, 0.05) is 12.3 Å². The van der Waals surface area contributed by atoms with Crippen molar-refractivity contribution in [3.05, 3.63) is 56.1 Å². The normalized spacial score (nSPS) is 10.9. The molecule has 3 aromatic heterocycles. The number of fused-ring (bicyclic) bond motifs is 1. The van der Waals surface area contributed by atoms with Gasteiger partial charge in [0.25, 0.3) is 0 Å². The second kappa shape index (κ2) is 4.94. The maximum atomic E-state index is 12.0. The highest BCUT2D eigenvalue weighted by molar-refractivity contribution is 7.16. The van der Waals surface area contributed by atoms with Crippen molar-refractivity contribution in [1.29, 1.82) is 0 Å². The van der Waals surface area contributed by atoms with Gasteiger partial charge in [-0.05, 0) is 17.5 Å². The fraction of sp³-hybridized carbons (Fsp3) is 0.0833. The summed E-state index contributed by atoms with van der Waals surface area (Å²) in [5.74, 6) is 0.666. The van der Waals surface area contributed by atoms with Crippen LogP contribution < -0.4 is 11.3 Å². The lowest BCUT2D eigenvalue weighted by atomic mass is 10.3. The zero-order valence-corrected chi connectivity index (χ0v) is 11.4. The molecule has 3 heterocycles. The van der Waals surface area contributed by atoms with Crippen molar-refractivity contribution in [2.24, 2.45) is 0 Å². The first-order valence-electron chi connectivity index (χ1n) is 5.89. The van der Waals surface area contributed by atoms with Crippen LogP contribution in [0.15, 0.2) is 34.6 Å². The third-order valence-electron chi connectivity index (χ3n) is 2.91. The summed E-state index contributed by atoms with van der Waals surface area (Å²) < 4.78 is 1.19. The van der Waals surface area contributed by atoms with Crippen LogP contribution >= 0.6 is 11.3 Å². The number of nitrogens with zero attached hydrogens (tertiary/aromatic N) is 4. The van der Waals surface area contributed by atoms with Gasteiger partial charge in [-0.2, -0.15) is 0 Å². The Balaban J connectivity index is 2.04. The van der Waals surface area contributed by atoms with Gasteiger partial charge in [0.1, 0.15) is 10.6 Å². The molecule has 0 atom stereocenters. The molecule has 0 aromatic carbocycles. The van der Waals surface area contributed by atoms with Crippen molar-refractivity contribution in [3.63, 3.8) is 0 Å². The summed E-state index contributed by atoms with van der Waals surface area (Å²) in [5.41, 5.74) is 4.65. The predicted octanol–water partition coefficient (Wildman–Crippen LogP) is 1.39. The van der Waals surface area contributed by atoms with E-state index in [2.05, 4.69) is 9.97 Å². The van der Waals surface area contributed by atoms with Gasteiger partial charge in [-0.3, -0.25) is 14.9 Å². The molecule has 0 aliphatic rings. The van der Waals surface area contributed by atoms with E-state index in [1.54, 1.807) is 0 Å². The molecule has 0 amide bonds. The van der Waals surface area contributed by atoms with Crippen molar-refractivity contribution in [2.75, 3.05) is 5.73 Å². The Hall–Kier alpha value is -2.81. The van der Waals surface area contributed by atoms with Crippen LogP contribution in [0.3, 0.4) is 0 Å². The van der Waals surface area contributed by atoms with Gasteiger partial charge in [0.05, 0.1) is 16.9 Å². The summed E-state index contributed by atoms with van der Waals surface area (Å²) in [6, 6.07) is 4.42. The molecule has 9 heteroatoms. The average Bonchev–Trinajstić information content (AvgIpc) is 2.89. The number of thiophene rings is 1. The minimum absolute atomic E-state index is 0.0263. The van der Waals surface area contributed by atoms with Crippen LogP contribution in [0.4, 0.5) is 11.5 Å². The lowest BCUT2D eigenvalue weighted by Crippen LogP contribution is -2.23. The van der Waals surface area contributed by atoms with Crippen LogP contribution in [0.5, 0.6) is 0 Å². The van der Waals surface area contributed by atoms with Crippen molar-refractivity contribution in [1.82, 2.24) is 14.5 Å². The summed E-state index contributed by atoms with van der Waals surface area (Å²) in [7, 11) is 0. The minimum atomic E-state index is -0.712. The highest BCUT2D eigenvalue weighted by Gasteiger charge is 2.15. The molecule has 3 rings (SSSR count). The van der Waals surface area contributed by atoms with Gasteiger partial charge in [-0.25, -0.2) is 9.97 Å². The second-order valence-electron chi connectivity index (χ2n) is 4.25. The molecular formula is C12H9N5O3S. The van der Waals surface area contributed by atoms with Crippen LogP contribution in [0.2, 0.25) is 0 Å². The molecule has 2 N–H and O–H groups in total. The van der Waals surface area contributed by atoms with E-state index in [1.807, 2.05) is 11.4 Å². The van der Waals surface area contributed by atoms with Gasteiger partial charge < -0.3 is 10.3 Å². The van der Waals surface area contributed by atoms with E-state index >= 15 is 0 Å². The second-order valence-corrected chi connectivity index (χ2v) is 5.14. The Morgan fingerprint density at radius 2 is 2.19 bits per heavy atom. The number of nitrogen functional groups attached to an aromatic ring is 1. The third kappa shape index (κ3) is 2.34. The quantitative estimate of drug-likeness (QED) is 0.577. The van der Waals surface area contributed by atoms with E-state index < -0.39 is 16.2 Å². The minimum Gasteiger partial charge on any atom is -0.383 e. The van der Waals surface area contributed by atoms with Crippen LogP contribution in [-0.4, -0.2) is 19.5 Å². The van der Waals surface area contributed by atoms with Gasteiger partial charge in [-0.1, -0.05) is 0 Å². The van der Waals surface area contributed by atoms with Crippen LogP contribution in [-0.2, 0) is 6.54 Å². The van der Waals surface area contributed by atoms with Gasteiger partial charge in [-0.15, -0.1) is 11.3 Å². The SMILES string of the molecule is Nc1nc(Cn2cccc([N+](=O)[O-])c2=O)nc2sccc12. The highest BCUT2D eigenvalue weighted by Crippen LogP contribution is 2.22. The van der Waals surface area contributed by atoms with E-state index in [0.29, 0.717) is 11.6 Å². The molecule has 0 aliphatic carbocycles. The molecule has 0 saturated heterocycles. The van der Waals surface area contributed by atoms with Crippen LogP contribution in [0, 0.1) is 10.1 Å². The Morgan fingerprint density at radius 1 is 1.38 bits per heavy atom. The number of pyridine rings is 1. The maximum Gasteiger partial charge on any atom is 0.334 e. The first-order valence-corrected chi connectivity index (χ1v) is 6.77. The van der Waals surface area contributed by atoms with Crippen molar-refractivity contribution < 1.29 is 4.92 Å². The summed E-state index contributed by atoms with van der Waals surface area (Å²) in [5, 5.41) is 13.4. The molecular weight excluding hydrogens is 294 g/mol. The van der Waals surface area contributed by atoms with Crippen molar-refractivity contribution in [2.45, 2.75) is 6.54 Å². The lowest BCUT2D eigenvalue weighted by Gasteiger charge is -2.05. The third-order valence-corrected chi connectivity index (χ3v) is 3.72. The summed E-state index contributed by atoms with van der Waals surface area (Å²) >= 11 is 1.41. The topological polar surface area (TPSA) is 117 Å². The van der Waals surface area contributed by atoms with E-state index in [4.69, 9.17) is 5.73 Å². The zero-order chi connectivity index (χ0) is 15.0. The van der Waals surface area contributed by atoms with E-state index in [9.17, 15) is 14.9 Å². The molecule has 0 fully saturated rings. The summed E-state index contributed by atoms with van der Waals surface area (Å²) in [4.78, 5) is 31.2. The van der Waals surface area contributed by atoms with E-state index in [0.717, 1.165) is 16.3 Å². The van der Waals surface area contributed by atoms with Gasteiger partial charge >= 0.3 is 11.2 Å². The molecule has 3 aromatic rings.